The molecule has 0 aromatic heterocycles. The highest BCUT2D eigenvalue weighted by Crippen LogP contribution is 2.55. The topological polar surface area (TPSA) is 18.5 Å². The Morgan fingerprint density at radius 2 is 1.12 bits per heavy atom. The Hall–Kier alpha value is 0.730. The molecule has 0 radical (unpaired) electrons. The predicted molar refractivity (Wildman–Crippen MR) is 45.8 cm³/mol. The maximum atomic E-state index is 12.7. The van der Waals surface area contributed by atoms with E-state index < -0.39 is 27.4 Å². The van der Waals surface area contributed by atoms with Gasteiger partial charge >= 0.3 is 12.1 Å². The first-order valence-electron chi connectivity index (χ1n) is 3.37. The van der Waals surface area contributed by atoms with Gasteiger partial charge in [-0.15, -0.1) is 0 Å². The van der Waals surface area contributed by atoms with Crippen molar-refractivity contribution in [1.82, 2.24) is 0 Å². The van der Waals surface area contributed by atoms with Crippen molar-refractivity contribution < 1.29 is 31.4 Å². The van der Waals surface area contributed by atoms with Crippen LogP contribution >= 0.6 is 46.4 Å². The molecule has 1 saturated heterocycles. The number of hydrogen-bond donors (Lipinski definition) is 0. The lowest BCUT2D eigenvalue weighted by Crippen LogP contribution is -2.48. The Morgan fingerprint density at radius 3 is 1.38 bits per heavy atom. The molecule has 1 fully saturated rings. The van der Waals surface area contributed by atoms with E-state index in [0.717, 1.165) is 0 Å². The zero-order valence-corrected chi connectivity index (χ0v) is 9.82. The lowest BCUT2D eigenvalue weighted by Gasteiger charge is -2.24. The van der Waals surface area contributed by atoms with Crippen molar-refractivity contribution >= 4 is 46.4 Å². The first-order chi connectivity index (χ1) is 6.81. The van der Waals surface area contributed by atoms with Crippen LogP contribution in [0.1, 0.15) is 0 Å². The highest BCUT2D eigenvalue weighted by atomic mass is 35.5. The van der Waals surface area contributed by atoms with Gasteiger partial charge in [-0.25, -0.2) is 0 Å². The lowest BCUT2D eigenvalue weighted by atomic mass is 10.3. The molecule has 1 aliphatic heterocycles. The molecular formula is C5HCl4F5O2. The van der Waals surface area contributed by atoms with E-state index in [2.05, 4.69) is 9.47 Å². The Bertz CT molecular complexity index is 275. The molecule has 0 aromatic rings. The fourth-order valence-electron chi connectivity index (χ4n) is 0.712. The summed E-state index contributed by atoms with van der Waals surface area (Å²) in [6.07, 6.45) is -9.05. The van der Waals surface area contributed by atoms with E-state index in [0.29, 0.717) is 0 Å². The minimum Gasteiger partial charge on any atom is -0.306 e. The zero-order chi connectivity index (χ0) is 13.0. The summed E-state index contributed by atoms with van der Waals surface area (Å²) in [4.78, 5) is 0. The molecule has 11 heteroatoms. The van der Waals surface area contributed by atoms with E-state index >= 15 is 0 Å². The summed E-state index contributed by atoms with van der Waals surface area (Å²) in [7, 11) is 0. The molecule has 0 N–H and O–H groups in total. The summed E-state index contributed by atoms with van der Waals surface area (Å²) in [5, 5.41) is 0. The highest BCUT2D eigenvalue weighted by Gasteiger charge is 2.72. The van der Waals surface area contributed by atoms with Crippen molar-refractivity contribution in [3.63, 3.8) is 0 Å². The smallest absolute Gasteiger partial charge is 0.306 e. The number of hydrogen-bond acceptors (Lipinski definition) is 2. The normalized spacial score (nSPS) is 26.1. The molecule has 0 atom stereocenters. The second-order valence-corrected chi connectivity index (χ2v) is 5.24. The van der Waals surface area contributed by atoms with Gasteiger partial charge in [0, 0.05) is 0 Å². The minimum absolute atomic E-state index is 2.74. The summed E-state index contributed by atoms with van der Waals surface area (Å²) in [6, 6.07) is 0. The van der Waals surface area contributed by atoms with Gasteiger partial charge in [-0.2, -0.15) is 22.0 Å². The van der Waals surface area contributed by atoms with Crippen LogP contribution in [0.15, 0.2) is 0 Å². The summed E-state index contributed by atoms with van der Waals surface area (Å²) in [5.74, 6) is -5.35. The van der Waals surface area contributed by atoms with E-state index in [1.807, 2.05) is 0 Å². The van der Waals surface area contributed by atoms with E-state index in [-0.39, 0.29) is 0 Å². The van der Waals surface area contributed by atoms with Crippen molar-refractivity contribution in [3.8, 4) is 0 Å². The van der Waals surface area contributed by atoms with Crippen LogP contribution in [0, 0.1) is 0 Å². The molecule has 1 rings (SSSR count). The third kappa shape index (κ3) is 2.30. The Kier molecular flexibility index (Phi) is 3.57. The van der Waals surface area contributed by atoms with Crippen molar-refractivity contribution in [1.29, 1.82) is 0 Å². The largest absolute Gasteiger partial charge is 0.458 e. The summed E-state index contributed by atoms with van der Waals surface area (Å²) in [5.41, 5.74) is 0. The van der Waals surface area contributed by atoms with Gasteiger partial charge in [0.1, 0.15) is 0 Å². The Morgan fingerprint density at radius 1 is 0.812 bits per heavy atom. The molecule has 96 valence electrons. The Balaban J connectivity index is 2.97. The van der Waals surface area contributed by atoms with E-state index in [9.17, 15) is 22.0 Å². The van der Waals surface area contributed by atoms with Gasteiger partial charge in [-0.1, -0.05) is 46.4 Å². The molecule has 0 saturated carbocycles. The Labute approximate surface area is 105 Å². The van der Waals surface area contributed by atoms with Crippen molar-refractivity contribution in [3.05, 3.63) is 0 Å². The molecule has 1 aliphatic rings. The SMILES string of the molecule is FC(F)(F)C(F)(F)C1OC(Cl)(Cl)C(Cl)(Cl)O1. The van der Waals surface area contributed by atoms with Crippen molar-refractivity contribution in [2.75, 3.05) is 0 Å². The maximum Gasteiger partial charge on any atom is 0.458 e. The summed E-state index contributed by atoms with van der Waals surface area (Å²) >= 11 is 20.7. The minimum atomic E-state index is -5.92. The molecule has 0 spiro atoms. The fourth-order valence-corrected chi connectivity index (χ4v) is 1.21. The van der Waals surface area contributed by atoms with Crippen LogP contribution in [0.4, 0.5) is 22.0 Å². The number of alkyl halides is 9. The van der Waals surface area contributed by atoms with Crippen molar-refractivity contribution in [2.45, 2.75) is 27.4 Å². The van der Waals surface area contributed by atoms with E-state index in [1.165, 1.54) is 0 Å². The monoisotopic (exact) mass is 328 g/mol. The van der Waals surface area contributed by atoms with E-state index in [4.69, 9.17) is 46.4 Å². The number of rotatable bonds is 1. The van der Waals surface area contributed by atoms with Crippen LogP contribution in [-0.2, 0) is 9.47 Å². The molecule has 0 bridgehead atoms. The van der Waals surface area contributed by atoms with Gasteiger partial charge in [0.05, 0.1) is 0 Å². The van der Waals surface area contributed by atoms with E-state index in [1.54, 1.807) is 0 Å². The van der Waals surface area contributed by atoms with Gasteiger partial charge in [0.15, 0.2) is 0 Å². The van der Waals surface area contributed by atoms with Gasteiger partial charge in [0.25, 0.3) is 9.04 Å². The van der Waals surface area contributed by atoms with Crippen LogP contribution in [0.25, 0.3) is 0 Å². The van der Waals surface area contributed by atoms with Gasteiger partial charge < -0.3 is 9.47 Å². The summed E-state index contributed by atoms with van der Waals surface area (Å²) in [6.45, 7) is 0. The van der Waals surface area contributed by atoms with Crippen LogP contribution in [0.5, 0.6) is 0 Å². The third-order valence-electron chi connectivity index (χ3n) is 1.52. The predicted octanol–water partition coefficient (Wildman–Crippen LogP) is 3.82. The summed E-state index contributed by atoms with van der Waals surface area (Å²) < 4.78 is 63.5. The fraction of sp³-hybridized carbons (Fsp3) is 1.00. The molecule has 1 heterocycles. The van der Waals surface area contributed by atoms with Gasteiger partial charge in [-0.3, -0.25) is 0 Å². The molecule has 0 aromatic carbocycles. The zero-order valence-electron chi connectivity index (χ0n) is 6.80. The average Bonchev–Trinajstić information content (AvgIpc) is 2.19. The molecule has 2 nitrogen and oxygen atoms in total. The van der Waals surface area contributed by atoms with Crippen LogP contribution in [-0.4, -0.2) is 27.4 Å². The first kappa shape index (κ1) is 14.8. The average molecular weight is 330 g/mol. The number of ether oxygens (including phenoxy) is 2. The molecular weight excluding hydrogens is 329 g/mol. The highest BCUT2D eigenvalue weighted by molar-refractivity contribution is 6.61. The molecule has 16 heavy (non-hydrogen) atoms. The first-order valence-corrected chi connectivity index (χ1v) is 4.88. The van der Waals surface area contributed by atoms with Crippen LogP contribution in [0.2, 0.25) is 0 Å². The molecule has 0 aliphatic carbocycles. The maximum absolute atomic E-state index is 12.7. The second-order valence-electron chi connectivity index (χ2n) is 2.72. The molecule has 0 amide bonds. The standard InChI is InChI=1S/C5HCl4F5O2/c6-3(7)4(8,9)16-1(15-3)2(10,11)5(12,13)14/h1H. The molecule has 0 unspecified atom stereocenters. The van der Waals surface area contributed by atoms with Crippen LogP contribution in [0.3, 0.4) is 0 Å². The van der Waals surface area contributed by atoms with Crippen LogP contribution < -0.4 is 0 Å². The van der Waals surface area contributed by atoms with Gasteiger partial charge in [0.2, 0.25) is 6.29 Å². The second kappa shape index (κ2) is 3.86. The number of halogens is 9. The quantitative estimate of drug-likeness (QED) is 0.538. The lowest BCUT2D eigenvalue weighted by molar-refractivity contribution is -0.348. The van der Waals surface area contributed by atoms with Gasteiger partial charge in [-0.05, 0) is 0 Å². The van der Waals surface area contributed by atoms with Crippen molar-refractivity contribution in [2.24, 2.45) is 0 Å². The third-order valence-corrected chi connectivity index (χ3v) is 3.33.